The molecule has 0 radical (unpaired) electrons. The maximum atomic E-state index is 12.5. The highest BCUT2D eigenvalue weighted by Crippen LogP contribution is 2.33. The number of hydrogen-bond acceptors (Lipinski definition) is 3. The first-order valence-corrected chi connectivity index (χ1v) is 7.24. The van der Waals surface area contributed by atoms with Gasteiger partial charge in [0.1, 0.15) is 0 Å². The summed E-state index contributed by atoms with van der Waals surface area (Å²) in [5.74, 6) is 0.272. The van der Waals surface area contributed by atoms with E-state index in [0.29, 0.717) is 12.1 Å². The van der Waals surface area contributed by atoms with E-state index in [9.17, 15) is 4.79 Å². The average Bonchev–Trinajstić information content (AvgIpc) is 2.87. The van der Waals surface area contributed by atoms with Gasteiger partial charge < -0.3 is 15.4 Å². The van der Waals surface area contributed by atoms with Crippen LogP contribution in [-0.4, -0.2) is 38.3 Å². The molecule has 4 heteroatoms. The highest BCUT2D eigenvalue weighted by molar-refractivity contribution is 5.83. The van der Waals surface area contributed by atoms with Gasteiger partial charge in [-0.1, -0.05) is 6.92 Å². The number of piperidine rings is 1. The molecule has 1 heterocycles. The predicted molar refractivity (Wildman–Crippen MR) is 71.4 cm³/mol. The van der Waals surface area contributed by atoms with Crippen molar-refractivity contribution in [2.24, 2.45) is 5.41 Å². The van der Waals surface area contributed by atoms with E-state index in [1.165, 1.54) is 0 Å². The molecule has 2 aliphatic rings. The lowest BCUT2D eigenvalue weighted by Gasteiger charge is -2.36. The van der Waals surface area contributed by atoms with Crippen molar-refractivity contribution >= 4 is 5.91 Å². The Bertz CT molecular complexity index is 288. The molecular formula is C14H26N2O2. The Balaban J connectivity index is 1.90. The summed E-state index contributed by atoms with van der Waals surface area (Å²) in [6.07, 6.45) is 6.32. The molecule has 18 heavy (non-hydrogen) atoms. The molecule has 2 atom stereocenters. The summed E-state index contributed by atoms with van der Waals surface area (Å²) in [6.45, 7) is 4.07. The maximum Gasteiger partial charge on any atom is 0.226 e. The molecule has 0 spiro atoms. The van der Waals surface area contributed by atoms with Crippen molar-refractivity contribution in [3.63, 3.8) is 0 Å². The zero-order valence-corrected chi connectivity index (χ0v) is 11.6. The average molecular weight is 254 g/mol. The van der Waals surface area contributed by atoms with E-state index in [-0.39, 0.29) is 11.3 Å². The molecule has 4 nitrogen and oxygen atoms in total. The molecule has 1 aliphatic heterocycles. The molecule has 1 aliphatic carbocycles. The fourth-order valence-corrected chi connectivity index (χ4v) is 3.27. The minimum absolute atomic E-state index is 0.129. The van der Waals surface area contributed by atoms with Crippen molar-refractivity contribution in [3.8, 4) is 0 Å². The Morgan fingerprint density at radius 2 is 2.11 bits per heavy atom. The van der Waals surface area contributed by atoms with Gasteiger partial charge in [0.15, 0.2) is 0 Å². The van der Waals surface area contributed by atoms with Gasteiger partial charge in [0.05, 0.1) is 11.5 Å². The van der Waals surface area contributed by atoms with E-state index < -0.39 is 0 Å². The summed E-state index contributed by atoms with van der Waals surface area (Å²) in [6, 6.07) is 0.320. The number of carbonyl (C=O) groups is 1. The van der Waals surface area contributed by atoms with E-state index in [2.05, 4.69) is 17.6 Å². The summed E-state index contributed by atoms with van der Waals surface area (Å²) in [5, 5.41) is 6.60. The van der Waals surface area contributed by atoms with Crippen LogP contribution < -0.4 is 10.6 Å². The fraction of sp³-hybridized carbons (Fsp3) is 0.929. The second kappa shape index (κ2) is 6.02. The van der Waals surface area contributed by atoms with Crippen LogP contribution in [0, 0.1) is 5.41 Å². The zero-order chi connectivity index (χ0) is 13.0. The van der Waals surface area contributed by atoms with E-state index >= 15 is 0 Å². The van der Waals surface area contributed by atoms with Gasteiger partial charge in [-0.2, -0.15) is 0 Å². The first-order chi connectivity index (χ1) is 8.70. The van der Waals surface area contributed by atoms with Crippen molar-refractivity contribution in [1.29, 1.82) is 0 Å². The van der Waals surface area contributed by atoms with Crippen molar-refractivity contribution in [1.82, 2.24) is 10.6 Å². The van der Waals surface area contributed by atoms with E-state index in [1.54, 1.807) is 7.11 Å². The molecular weight excluding hydrogens is 228 g/mol. The molecule has 1 saturated carbocycles. The van der Waals surface area contributed by atoms with Crippen molar-refractivity contribution < 1.29 is 9.53 Å². The quantitative estimate of drug-likeness (QED) is 0.798. The third-order valence-electron chi connectivity index (χ3n) is 4.77. The van der Waals surface area contributed by atoms with E-state index in [0.717, 1.165) is 51.6 Å². The second-order valence-corrected chi connectivity index (χ2v) is 5.73. The van der Waals surface area contributed by atoms with Gasteiger partial charge >= 0.3 is 0 Å². The molecule has 2 unspecified atom stereocenters. The lowest BCUT2D eigenvalue weighted by molar-refractivity contribution is -0.133. The van der Waals surface area contributed by atoms with Gasteiger partial charge in [0, 0.05) is 13.2 Å². The number of methoxy groups -OCH3 is 1. The van der Waals surface area contributed by atoms with E-state index in [1.807, 2.05) is 0 Å². The molecule has 1 amide bonds. The van der Waals surface area contributed by atoms with Crippen molar-refractivity contribution in [3.05, 3.63) is 0 Å². The fourth-order valence-electron chi connectivity index (χ4n) is 3.27. The molecule has 2 N–H and O–H groups in total. The standard InChI is InChI=1S/C14H26N2O2/c1-3-14(6-8-15-9-7-14)13(17)16-11-4-5-12(10-11)18-2/h11-12,15H,3-10H2,1-2H3,(H,16,17). The number of carbonyl (C=O) groups excluding carboxylic acids is 1. The number of rotatable bonds is 4. The Hall–Kier alpha value is -0.610. The van der Waals surface area contributed by atoms with Crippen molar-refractivity contribution in [2.75, 3.05) is 20.2 Å². The normalized spacial score (nSPS) is 31.2. The largest absolute Gasteiger partial charge is 0.381 e. The Kier molecular flexibility index (Phi) is 4.62. The smallest absolute Gasteiger partial charge is 0.226 e. The van der Waals surface area contributed by atoms with Crippen molar-refractivity contribution in [2.45, 2.75) is 57.6 Å². The minimum Gasteiger partial charge on any atom is -0.381 e. The highest BCUT2D eigenvalue weighted by Gasteiger charge is 2.39. The number of hydrogen-bond donors (Lipinski definition) is 2. The van der Waals surface area contributed by atoms with Gasteiger partial charge in [-0.15, -0.1) is 0 Å². The zero-order valence-electron chi connectivity index (χ0n) is 11.6. The van der Waals surface area contributed by atoms with Gasteiger partial charge in [-0.25, -0.2) is 0 Å². The summed E-state index contributed by atoms with van der Waals surface area (Å²) in [4.78, 5) is 12.5. The monoisotopic (exact) mass is 254 g/mol. The Morgan fingerprint density at radius 3 is 2.67 bits per heavy atom. The third kappa shape index (κ3) is 2.86. The highest BCUT2D eigenvalue weighted by atomic mass is 16.5. The first kappa shape index (κ1) is 13.8. The van der Waals surface area contributed by atoms with Crippen LogP contribution in [0.1, 0.15) is 45.4 Å². The molecule has 2 fully saturated rings. The molecule has 1 saturated heterocycles. The first-order valence-electron chi connectivity index (χ1n) is 7.24. The number of ether oxygens (including phenoxy) is 1. The van der Waals surface area contributed by atoms with Crippen LogP contribution in [0.2, 0.25) is 0 Å². The summed E-state index contributed by atoms with van der Waals surface area (Å²) in [5.41, 5.74) is -0.129. The Labute approximate surface area is 110 Å². The lowest BCUT2D eigenvalue weighted by Crippen LogP contribution is -2.49. The SMILES string of the molecule is CCC1(C(=O)NC2CCC(OC)C2)CCNCC1. The lowest BCUT2D eigenvalue weighted by atomic mass is 9.75. The molecule has 104 valence electrons. The molecule has 2 rings (SSSR count). The van der Waals surface area contributed by atoms with Crippen LogP contribution in [0.25, 0.3) is 0 Å². The summed E-state index contributed by atoms with van der Waals surface area (Å²) < 4.78 is 5.36. The van der Waals surface area contributed by atoms with Gasteiger partial charge in [0.2, 0.25) is 5.91 Å². The topological polar surface area (TPSA) is 50.4 Å². The second-order valence-electron chi connectivity index (χ2n) is 5.73. The predicted octanol–water partition coefficient (Wildman–Crippen LogP) is 1.45. The third-order valence-corrected chi connectivity index (χ3v) is 4.77. The van der Waals surface area contributed by atoms with Crippen LogP contribution in [-0.2, 0) is 9.53 Å². The Morgan fingerprint density at radius 1 is 1.39 bits per heavy atom. The molecule has 0 aromatic carbocycles. The maximum absolute atomic E-state index is 12.5. The van der Waals surface area contributed by atoms with Crippen LogP contribution in [0.4, 0.5) is 0 Å². The van der Waals surface area contributed by atoms with Gasteiger partial charge in [-0.3, -0.25) is 4.79 Å². The minimum atomic E-state index is -0.129. The number of nitrogens with one attached hydrogen (secondary N) is 2. The summed E-state index contributed by atoms with van der Waals surface area (Å²) >= 11 is 0. The van der Waals surface area contributed by atoms with Crippen LogP contribution in [0.3, 0.4) is 0 Å². The van der Waals surface area contributed by atoms with E-state index in [4.69, 9.17) is 4.74 Å². The van der Waals surface area contributed by atoms with Gasteiger partial charge in [0.25, 0.3) is 0 Å². The van der Waals surface area contributed by atoms with Crippen LogP contribution in [0.5, 0.6) is 0 Å². The number of amides is 1. The molecule has 0 bridgehead atoms. The van der Waals surface area contributed by atoms with Crippen LogP contribution >= 0.6 is 0 Å². The van der Waals surface area contributed by atoms with Gasteiger partial charge in [-0.05, 0) is 51.6 Å². The van der Waals surface area contributed by atoms with Crippen LogP contribution in [0.15, 0.2) is 0 Å². The summed E-state index contributed by atoms with van der Waals surface area (Å²) in [7, 11) is 1.76. The molecule has 0 aromatic heterocycles. The molecule has 0 aromatic rings.